The summed E-state index contributed by atoms with van der Waals surface area (Å²) in [5.41, 5.74) is -0.901. The Morgan fingerprint density at radius 1 is 1.22 bits per heavy atom. The maximum absolute atomic E-state index is 12.4. The van der Waals surface area contributed by atoms with Crippen LogP contribution in [-0.4, -0.2) is 24.4 Å². The second-order valence-electron chi connectivity index (χ2n) is 4.33. The zero-order valence-electron chi connectivity index (χ0n) is 11.3. The molecule has 0 radical (unpaired) electrons. The van der Waals surface area contributed by atoms with Crippen molar-refractivity contribution < 1.29 is 23.2 Å². The van der Waals surface area contributed by atoms with Gasteiger partial charge in [-0.05, 0) is 18.2 Å². The van der Waals surface area contributed by atoms with Crippen molar-refractivity contribution >= 4 is 39.0 Å². The normalized spacial score (nSPS) is 11.0. The summed E-state index contributed by atoms with van der Waals surface area (Å²) in [7, 11) is -4.31. The largest absolute Gasteiger partial charge is 0.478 e. The highest BCUT2D eigenvalue weighted by Crippen LogP contribution is 2.28. The Balaban J connectivity index is 2.50. The molecule has 0 unspecified atom stereocenters. The van der Waals surface area contributed by atoms with Gasteiger partial charge < -0.3 is 5.11 Å². The number of para-hydroxylation sites is 1. The molecule has 0 heterocycles. The van der Waals surface area contributed by atoms with E-state index in [1.165, 1.54) is 24.3 Å². The third kappa shape index (κ3) is 3.58. The van der Waals surface area contributed by atoms with Crippen LogP contribution >= 0.6 is 11.6 Å². The van der Waals surface area contributed by atoms with Crippen LogP contribution in [0.15, 0.2) is 47.4 Å². The molecule has 0 amide bonds. The molecule has 0 aliphatic heterocycles. The highest BCUT2D eigenvalue weighted by Gasteiger charge is 2.23. The summed E-state index contributed by atoms with van der Waals surface area (Å²) in [5, 5.41) is 19.6. The van der Waals surface area contributed by atoms with Crippen LogP contribution in [0.25, 0.3) is 0 Å². The van der Waals surface area contributed by atoms with E-state index >= 15 is 0 Å². The van der Waals surface area contributed by atoms with Gasteiger partial charge in [-0.3, -0.25) is 14.8 Å². The molecule has 8 nitrogen and oxygen atoms in total. The lowest BCUT2D eigenvalue weighted by atomic mass is 10.2. The second-order valence-corrected chi connectivity index (χ2v) is 6.39. The Morgan fingerprint density at radius 3 is 2.48 bits per heavy atom. The highest BCUT2D eigenvalue weighted by molar-refractivity contribution is 7.92. The molecule has 2 rings (SSSR count). The standard InChI is InChI=1S/C13H9ClN2O6S/c14-10-6-5-8(16(19)20)7-12(10)23(21,22)15-11-4-2-1-3-9(11)13(17)18/h1-7,15H,(H,17,18). The number of sulfonamides is 1. The highest BCUT2D eigenvalue weighted by atomic mass is 35.5. The first-order valence-corrected chi connectivity index (χ1v) is 7.87. The van der Waals surface area contributed by atoms with E-state index in [9.17, 15) is 23.3 Å². The first kappa shape index (κ1) is 16.7. The van der Waals surface area contributed by atoms with Gasteiger partial charge in [0.05, 0.1) is 21.2 Å². The first-order valence-electron chi connectivity index (χ1n) is 6.01. The van der Waals surface area contributed by atoms with Crippen LogP contribution in [0.2, 0.25) is 5.02 Å². The Labute approximate surface area is 135 Å². The van der Waals surface area contributed by atoms with E-state index in [1.807, 2.05) is 0 Å². The van der Waals surface area contributed by atoms with E-state index in [-0.39, 0.29) is 16.3 Å². The molecule has 120 valence electrons. The van der Waals surface area contributed by atoms with Crippen LogP contribution in [0.3, 0.4) is 0 Å². The van der Waals surface area contributed by atoms with Gasteiger partial charge in [-0.2, -0.15) is 0 Å². The molecule has 2 aromatic carbocycles. The van der Waals surface area contributed by atoms with E-state index in [2.05, 4.69) is 4.72 Å². The fraction of sp³-hybridized carbons (Fsp3) is 0. The number of nitro groups is 1. The monoisotopic (exact) mass is 356 g/mol. The summed E-state index contributed by atoms with van der Waals surface area (Å²) in [4.78, 5) is 20.6. The molecule has 0 fully saturated rings. The lowest BCUT2D eigenvalue weighted by Crippen LogP contribution is -2.16. The van der Waals surface area contributed by atoms with Gasteiger partial charge in [-0.1, -0.05) is 23.7 Å². The van der Waals surface area contributed by atoms with Crippen LogP contribution < -0.4 is 4.72 Å². The topological polar surface area (TPSA) is 127 Å². The average Bonchev–Trinajstić information content (AvgIpc) is 2.47. The minimum Gasteiger partial charge on any atom is -0.478 e. The number of halogens is 1. The molecule has 0 aliphatic carbocycles. The maximum atomic E-state index is 12.4. The molecule has 0 atom stereocenters. The van der Waals surface area contributed by atoms with Gasteiger partial charge in [0, 0.05) is 12.1 Å². The smallest absolute Gasteiger partial charge is 0.337 e. The van der Waals surface area contributed by atoms with Gasteiger partial charge in [-0.25, -0.2) is 13.2 Å². The molecule has 2 N–H and O–H groups in total. The predicted molar refractivity (Wildman–Crippen MR) is 82.3 cm³/mol. The first-order chi connectivity index (χ1) is 10.7. The van der Waals surface area contributed by atoms with E-state index in [0.29, 0.717) is 0 Å². The minimum absolute atomic E-state index is 0.178. The van der Waals surface area contributed by atoms with Crippen LogP contribution in [0, 0.1) is 10.1 Å². The third-order valence-electron chi connectivity index (χ3n) is 2.82. The van der Waals surface area contributed by atoms with Crippen LogP contribution in [0.4, 0.5) is 11.4 Å². The molecule has 23 heavy (non-hydrogen) atoms. The zero-order chi connectivity index (χ0) is 17.2. The molecule has 0 bridgehead atoms. The van der Waals surface area contributed by atoms with E-state index in [1.54, 1.807) is 0 Å². The van der Waals surface area contributed by atoms with Gasteiger partial charge in [0.2, 0.25) is 0 Å². The van der Waals surface area contributed by atoms with Crippen molar-refractivity contribution in [1.82, 2.24) is 0 Å². The number of non-ortho nitro benzene ring substituents is 1. The lowest BCUT2D eigenvalue weighted by Gasteiger charge is -2.11. The van der Waals surface area contributed by atoms with Crippen molar-refractivity contribution in [2.24, 2.45) is 0 Å². The Kier molecular flexibility index (Phi) is 4.52. The number of carbonyl (C=O) groups is 1. The number of benzene rings is 2. The molecule has 0 saturated heterocycles. The number of hydrogen-bond donors (Lipinski definition) is 2. The van der Waals surface area contributed by atoms with Crippen molar-refractivity contribution in [3.8, 4) is 0 Å². The van der Waals surface area contributed by atoms with Gasteiger partial charge in [0.25, 0.3) is 15.7 Å². The number of nitrogens with one attached hydrogen (secondary N) is 1. The second kappa shape index (κ2) is 6.23. The number of rotatable bonds is 5. The number of nitrogens with zero attached hydrogens (tertiary/aromatic N) is 1. The molecule has 10 heteroatoms. The summed E-state index contributed by atoms with van der Waals surface area (Å²) < 4.78 is 26.8. The number of aromatic carboxylic acids is 1. The van der Waals surface area contributed by atoms with Crippen molar-refractivity contribution in [2.75, 3.05) is 4.72 Å². The third-order valence-corrected chi connectivity index (χ3v) is 4.66. The molecule has 0 aliphatic rings. The van der Waals surface area contributed by atoms with Crippen molar-refractivity contribution in [1.29, 1.82) is 0 Å². The zero-order valence-corrected chi connectivity index (χ0v) is 12.8. The summed E-state index contributed by atoms with van der Waals surface area (Å²) in [6, 6.07) is 8.29. The number of anilines is 1. The Hall–Kier alpha value is -2.65. The van der Waals surface area contributed by atoms with Gasteiger partial charge in [-0.15, -0.1) is 0 Å². The summed E-state index contributed by atoms with van der Waals surface area (Å²) >= 11 is 5.80. The Bertz CT molecular complexity index is 897. The lowest BCUT2D eigenvalue weighted by molar-refractivity contribution is -0.385. The fourth-order valence-electron chi connectivity index (χ4n) is 1.77. The number of nitro benzene ring substituents is 1. The van der Waals surface area contributed by atoms with Crippen molar-refractivity contribution in [3.05, 3.63) is 63.2 Å². The quantitative estimate of drug-likeness (QED) is 0.626. The van der Waals surface area contributed by atoms with E-state index in [4.69, 9.17) is 16.7 Å². The number of carboxylic acid groups (broad SMARTS) is 1. The predicted octanol–water partition coefficient (Wildman–Crippen LogP) is 2.75. The summed E-state index contributed by atoms with van der Waals surface area (Å²) in [6.07, 6.45) is 0. The van der Waals surface area contributed by atoms with Gasteiger partial charge in [0.1, 0.15) is 4.90 Å². The average molecular weight is 357 g/mol. The molecular weight excluding hydrogens is 348 g/mol. The van der Waals surface area contributed by atoms with Crippen LogP contribution in [0.5, 0.6) is 0 Å². The molecule has 2 aromatic rings. The van der Waals surface area contributed by atoms with E-state index in [0.717, 1.165) is 18.2 Å². The summed E-state index contributed by atoms with van der Waals surface area (Å²) in [6.45, 7) is 0. The molecular formula is C13H9ClN2O6S. The van der Waals surface area contributed by atoms with Gasteiger partial charge in [0.15, 0.2) is 0 Å². The number of hydrogen-bond acceptors (Lipinski definition) is 5. The van der Waals surface area contributed by atoms with Gasteiger partial charge >= 0.3 is 5.97 Å². The Morgan fingerprint density at radius 2 is 1.87 bits per heavy atom. The van der Waals surface area contributed by atoms with E-state index < -0.39 is 31.5 Å². The molecule has 0 saturated carbocycles. The fourth-order valence-corrected chi connectivity index (χ4v) is 3.37. The minimum atomic E-state index is -4.31. The van der Waals surface area contributed by atoms with Crippen molar-refractivity contribution in [2.45, 2.75) is 4.90 Å². The van der Waals surface area contributed by atoms with Crippen LogP contribution in [-0.2, 0) is 10.0 Å². The molecule has 0 aromatic heterocycles. The van der Waals surface area contributed by atoms with Crippen molar-refractivity contribution in [3.63, 3.8) is 0 Å². The summed E-state index contributed by atoms with van der Waals surface area (Å²) in [5.74, 6) is -1.33. The number of carboxylic acids is 1. The SMILES string of the molecule is O=C(O)c1ccccc1NS(=O)(=O)c1cc([N+](=O)[O-])ccc1Cl. The maximum Gasteiger partial charge on any atom is 0.337 e. The van der Waals surface area contributed by atoms with Crippen LogP contribution in [0.1, 0.15) is 10.4 Å². The molecule has 0 spiro atoms.